The molecule has 1 aliphatic carbocycles. The van der Waals surface area contributed by atoms with Crippen LogP contribution in [0.15, 0.2) is 6.33 Å². The third kappa shape index (κ3) is 2.38. The van der Waals surface area contributed by atoms with E-state index in [-0.39, 0.29) is 5.91 Å². The summed E-state index contributed by atoms with van der Waals surface area (Å²) in [6, 6.07) is 0. The molecule has 0 aromatic carbocycles. The summed E-state index contributed by atoms with van der Waals surface area (Å²) in [6.07, 6.45) is 6.21. The number of hydrogen-bond acceptors (Lipinski definition) is 4. The second-order valence-electron chi connectivity index (χ2n) is 4.33. The number of nitrogens with two attached hydrogens (primary N) is 1. The van der Waals surface area contributed by atoms with Crippen molar-refractivity contribution in [3.05, 3.63) is 12.2 Å². The summed E-state index contributed by atoms with van der Waals surface area (Å²) in [6.45, 7) is 0.359. The predicted octanol–water partition coefficient (Wildman–Crippen LogP) is 0.0825. The highest BCUT2D eigenvalue weighted by Crippen LogP contribution is 2.25. The van der Waals surface area contributed by atoms with E-state index in [2.05, 4.69) is 20.5 Å². The fraction of sp³-hybridized carbons (Fsp3) is 0.700. The number of hydrogen-bond donors (Lipinski definition) is 3. The van der Waals surface area contributed by atoms with Crippen LogP contribution in [0, 0.1) is 0 Å². The minimum atomic E-state index is -0.682. The maximum atomic E-state index is 11.9. The van der Waals surface area contributed by atoms with Gasteiger partial charge < -0.3 is 11.1 Å². The van der Waals surface area contributed by atoms with E-state index in [1.807, 2.05) is 0 Å². The summed E-state index contributed by atoms with van der Waals surface area (Å²) < 4.78 is 0. The number of H-pyrrole nitrogens is 1. The number of nitrogens with one attached hydrogen (secondary N) is 2. The minimum Gasteiger partial charge on any atom is -0.347 e. The van der Waals surface area contributed by atoms with E-state index >= 15 is 0 Å². The van der Waals surface area contributed by atoms with Crippen molar-refractivity contribution in [1.29, 1.82) is 0 Å². The molecule has 6 nitrogen and oxygen atoms in total. The summed E-state index contributed by atoms with van der Waals surface area (Å²) in [7, 11) is 0. The van der Waals surface area contributed by atoms with E-state index in [4.69, 9.17) is 5.73 Å². The van der Waals surface area contributed by atoms with Gasteiger partial charge in [-0.3, -0.25) is 9.89 Å². The number of aromatic nitrogens is 3. The molecule has 88 valence electrons. The first-order chi connectivity index (χ1) is 7.71. The van der Waals surface area contributed by atoms with Gasteiger partial charge in [0.1, 0.15) is 12.2 Å². The fourth-order valence-electron chi connectivity index (χ4n) is 2.07. The van der Waals surface area contributed by atoms with Crippen molar-refractivity contribution in [2.45, 2.75) is 44.2 Å². The minimum absolute atomic E-state index is 0.0800. The molecular weight excluding hydrogens is 206 g/mol. The van der Waals surface area contributed by atoms with Crippen LogP contribution in [-0.2, 0) is 11.3 Å². The maximum absolute atomic E-state index is 11.9. The number of aromatic amines is 1. The van der Waals surface area contributed by atoms with Gasteiger partial charge in [0, 0.05) is 0 Å². The largest absolute Gasteiger partial charge is 0.347 e. The number of carbonyl (C=O) groups excluding carboxylic acids is 1. The van der Waals surface area contributed by atoms with Gasteiger partial charge in [-0.2, -0.15) is 5.10 Å². The van der Waals surface area contributed by atoms with Gasteiger partial charge in [-0.05, 0) is 12.8 Å². The molecule has 0 spiro atoms. The molecule has 0 unspecified atom stereocenters. The van der Waals surface area contributed by atoms with Crippen LogP contribution in [0.5, 0.6) is 0 Å². The normalized spacial score (nSPS) is 19.3. The van der Waals surface area contributed by atoms with Gasteiger partial charge in [-0.15, -0.1) is 0 Å². The third-order valence-electron chi connectivity index (χ3n) is 3.08. The van der Waals surface area contributed by atoms with Crippen molar-refractivity contribution in [3.8, 4) is 0 Å². The van der Waals surface area contributed by atoms with Gasteiger partial charge in [0.05, 0.1) is 12.1 Å². The maximum Gasteiger partial charge on any atom is 0.240 e. The Bertz CT molecular complexity index is 342. The van der Waals surface area contributed by atoms with Gasteiger partial charge in [0.25, 0.3) is 0 Å². The van der Waals surface area contributed by atoms with Crippen molar-refractivity contribution in [3.63, 3.8) is 0 Å². The van der Waals surface area contributed by atoms with Crippen LogP contribution in [0.2, 0.25) is 0 Å². The Morgan fingerprint density at radius 2 is 2.25 bits per heavy atom. The monoisotopic (exact) mass is 223 g/mol. The van der Waals surface area contributed by atoms with Crippen molar-refractivity contribution in [2.75, 3.05) is 0 Å². The number of rotatable bonds is 3. The third-order valence-corrected chi connectivity index (χ3v) is 3.08. The van der Waals surface area contributed by atoms with E-state index < -0.39 is 5.54 Å². The lowest BCUT2D eigenvalue weighted by atomic mass is 9.82. The molecule has 1 saturated carbocycles. The summed E-state index contributed by atoms with van der Waals surface area (Å²) >= 11 is 0. The molecule has 1 aromatic heterocycles. The Morgan fingerprint density at radius 3 is 2.88 bits per heavy atom. The second kappa shape index (κ2) is 4.61. The van der Waals surface area contributed by atoms with Crippen molar-refractivity contribution in [2.24, 2.45) is 5.73 Å². The van der Waals surface area contributed by atoms with E-state index in [9.17, 15) is 4.79 Å². The molecule has 1 heterocycles. The van der Waals surface area contributed by atoms with Crippen LogP contribution in [-0.4, -0.2) is 26.6 Å². The quantitative estimate of drug-likeness (QED) is 0.676. The SMILES string of the molecule is NC1(C(=O)NCc2ncn[nH]2)CCCCC1. The molecule has 2 rings (SSSR count). The Labute approximate surface area is 94.0 Å². The summed E-state index contributed by atoms with van der Waals surface area (Å²) in [5.74, 6) is 0.566. The van der Waals surface area contributed by atoms with E-state index in [1.165, 1.54) is 12.7 Å². The molecule has 6 heteroatoms. The van der Waals surface area contributed by atoms with Gasteiger partial charge >= 0.3 is 0 Å². The smallest absolute Gasteiger partial charge is 0.240 e. The first-order valence-electron chi connectivity index (χ1n) is 5.62. The van der Waals surface area contributed by atoms with Crippen LogP contribution in [0.3, 0.4) is 0 Å². The zero-order valence-electron chi connectivity index (χ0n) is 9.20. The Hall–Kier alpha value is -1.43. The van der Waals surface area contributed by atoms with Crippen LogP contribution in [0.4, 0.5) is 0 Å². The molecule has 1 fully saturated rings. The molecular formula is C10H17N5O. The highest BCUT2D eigenvalue weighted by Gasteiger charge is 2.34. The topological polar surface area (TPSA) is 96.7 Å². The first kappa shape index (κ1) is 11.1. The van der Waals surface area contributed by atoms with Crippen molar-refractivity contribution >= 4 is 5.91 Å². The van der Waals surface area contributed by atoms with E-state index in [0.717, 1.165) is 25.7 Å². The second-order valence-corrected chi connectivity index (χ2v) is 4.33. The highest BCUT2D eigenvalue weighted by atomic mass is 16.2. The number of amides is 1. The summed E-state index contributed by atoms with van der Waals surface area (Å²) in [5.41, 5.74) is 5.40. The van der Waals surface area contributed by atoms with E-state index in [1.54, 1.807) is 0 Å². The van der Waals surface area contributed by atoms with Gasteiger partial charge in [-0.1, -0.05) is 19.3 Å². The molecule has 0 atom stereocenters. The fourth-order valence-corrected chi connectivity index (χ4v) is 2.07. The molecule has 1 aliphatic rings. The van der Waals surface area contributed by atoms with Gasteiger partial charge in [-0.25, -0.2) is 4.98 Å². The average Bonchev–Trinajstić information content (AvgIpc) is 2.79. The predicted molar refractivity (Wildman–Crippen MR) is 58.2 cm³/mol. The lowest BCUT2D eigenvalue weighted by Gasteiger charge is -2.31. The highest BCUT2D eigenvalue weighted by molar-refractivity contribution is 5.86. The number of carbonyl (C=O) groups is 1. The first-order valence-corrected chi connectivity index (χ1v) is 5.62. The standard InChI is InChI=1S/C10H17N5O/c11-10(4-2-1-3-5-10)9(16)12-6-8-13-7-14-15-8/h7H,1-6,11H2,(H,12,16)(H,13,14,15). The van der Waals surface area contributed by atoms with E-state index in [0.29, 0.717) is 12.4 Å². The molecule has 0 radical (unpaired) electrons. The average molecular weight is 223 g/mol. The lowest BCUT2D eigenvalue weighted by Crippen LogP contribution is -2.54. The Kier molecular flexibility index (Phi) is 3.19. The molecule has 1 amide bonds. The van der Waals surface area contributed by atoms with Crippen molar-refractivity contribution in [1.82, 2.24) is 20.5 Å². The molecule has 0 saturated heterocycles. The van der Waals surface area contributed by atoms with Crippen molar-refractivity contribution < 1.29 is 4.79 Å². The summed E-state index contributed by atoms with van der Waals surface area (Å²) in [5, 5.41) is 9.20. The number of nitrogens with zero attached hydrogens (tertiary/aromatic N) is 2. The zero-order valence-corrected chi connectivity index (χ0v) is 9.20. The van der Waals surface area contributed by atoms with Crippen LogP contribution in [0.25, 0.3) is 0 Å². The van der Waals surface area contributed by atoms with Crippen LogP contribution in [0.1, 0.15) is 37.9 Å². The van der Waals surface area contributed by atoms with Crippen LogP contribution < -0.4 is 11.1 Å². The lowest BCUT2D eigenvalue weighted by molar-refractivity contribution is -0.127. The van der Waals surface area contributed by atoms with Gasteiger partial charge in [0.2, 0.25) is 5.91 Å². The van der Waals surface area contributed by atoms with Crippen LogP contribution >= 0.6 is 0 Å². The Balaban J connectivity index is 1.87. The zero-order chi connectivity index (χ0) is 11.4. The molecule has 0 bridgehead atoms. The molecule has 16 heavy (non-hydrogen) atoms. The summed E-state index contributed by atoms with van der Waals surface area (Å²) in [4.78, 5) is 15.9. The Morgan fingerprint density at radius 1 is 1.50 bits per heavy atom. The molecule has 0 aliphatic heterocycles. The molecule has 4 N–H and O–H groups in total. The molecule has 1 aromatic rings. The van der Waals surface area contributed by atoms with Gasteiger partial charge in [0.15, 0.2) is 0 Å².